The lowest BCUT2D eigenvalue weighted by Gasteiger charge is -2.10. The molecular weight excluding hydrogens is 265 g/mol. The number of ether oxygens (including phenoxy) is 2. The van der Waals surface area contributed by atoms with Gasteiger partial charge in [-0.05, 0) is 17.7 Å². The van der Waals surface area contributed by atoms with Gasteiger partial charge >= 0.3 is 5.97 Å². The Morgan fingerprint density at radius 3 is 2.60 bits per heavy atom. The monoisotopic (exact) mass is 277 g/mol. The van der Waals surface area contributed by atoms with Crippen molar-refractivity contribution in [1.29, 1.82) is 0 Å². The zero-order valence-corrected chi connectivity index (χ0v) is 10.7. The molecule has 0 fully saturated rings. The molecule has 0 unspecified atom stereocenters. The standard InChI is InChI=1S/C14H12FNO4/c1-19-12-6-11(14(17)18)16-7-13(12)20-8-9-2-4-10(15)5-3-9/h2-7H,8H2,1H3,(H,17,18). The zero-order chi connectivity index (χ0) is 14.5. The molecule has 5 nitrogen and oxygen atoms in total. The Labute approximate surface area is 114 Å². The summed E-state index contributed by atoms with van der Waals surface area (Å²) < 4.78 is 23.3. The molecule has 0 radical (unpaired) electrons. The number of carboxylic acids is 1. The summed E-state index contributed by atoms with van der Waals surface area (Å²) in [5, 5.41) is 8.84. The predicted octanol–water partition coefficient (Wildman–Crippen LogP) is 2.51. The van der Waals surface area contributed by atoms with Gasteiger partial charge in [0, 0.05) is 6.07 Å². The van der Waals surface area contributed by atoms with Crippen molar-refractivity contribution in [3.8, 4) is 11.5 Å². The molecule has 1 N–H and O–H groups in total. The van der Waals surface area contributed by atoms with Gasteiger partial charge in [0.25, 0.3) is 0 Å². The van der Waals surface area contributed by atoms with Crippen LogP contribution in [-0.2, 0) is 6.61 Å². The number of rotatable bonds is 5. The van der Waals surface area contributed by atoms with Crippen molar-refractivity contribution in [2.75, 3.05) is 7.11 Å². The average molecular weight is 277 g/mol. The van der Waals surface area contributed by atoms with Crippen LogP contribution in [0.25, 0.3) is 0 Å². The highest BCUT2D eigenvalue weighted by atomic mass is 19.1. The number of hydrogen-bond donors (Lipinski definition) is 1. The Balaban J connectivity index is 2.12. The highest BCUT2D eigenvalue weighted by Gasteiger charge is 2.11. The molecule has 2 aromatic rings. The van der Waals surface area contributed by atoms with Crippen LogP contribution in [0.4, 0.5) is 4.39 Å². The summed E-state index contributed by atoms with van der Waals surface area (Å²) in [7, 11) is 1.41. The molecular formula is C14H12FNO4. The van der Waals surface area contributed by atoms with Crippen LogP contribution in [0.15, 0.2) is 36.5 Å². The minimum Gasteiger partial charge on any atom is -0.493 e. The Bertz CT molecular complexity index is 613. The third-order valence-corrected chi connectivity index (χ3v) is 2.58. The fraction of sp³-hybridized carbons (Fsp3) is 0.143. The molecule has 1 heterocycles. The summed E-state index contributed by atoms with van der Waals surface area (Å²) in [5.41, 5.74) is 0.645. The van der Waals surface area contributed by atoms with Gasteiger partial charge in [-0.3, -0.25) is 0 Å². The van der Waals surface area contributed by atoms with Crippen molar-refractivity contribution in [2.45, 2.75) is 6.61 Å². The molecule has 20 heavy (non-hydrogen) atoms. The molecule has 0 aliphatic heterocycles. The Morgan fingerprint density at radius 1 is 1.30 bits per heavy atom. The molecule has 1 aromatic heterocycles. The maximum atomic E-state index is 12.8. The van der Waals surface area contributed by atoms with E-state index in [9.17, 15) is 9.18 Å². The molecule has 0 aliphatic carbocycles. The molecule has 0 saturated heterocycles. The zero-order valence-electron chi connectivity index (χ0n) is 10.7. The normalized spacial score (nSPS) is 10.1. The number of pyridine rings is 1. The van der Waals surface area contributed by atoms with Crippen LogP contribution in [0.1, 0.15) is 16.1 Å². The van der Waals surface area contributed by atoms with Crippen LogP contribution in [0, 0.1) is 5.82 Å². The predicted molar refractivity (Wildman–Crippen MR) is 68.5 cm³/mol. The van der Waals surface area contributed by atoms with E-state index in [0.717, 1.165) is 5.56 Å². The molecule has 104 valence electrons. The van der Waals surface area contributed by atoms with Crippen LogP contribution < -0.4 is 9.47 Å². The number of methoxy groups -OCH3 is 1. The van der Waals surface area contributed by atoms with Gasteiger partial charge in [-0.15, -0.1) is 0 Å². The molecule has 0 amide bonds. The van der Waals surface area contributed by atoms with E-state index < -0.39 is 5.97 Å². The number of carboxylic acid groups (broad SMARTS) is 1. The van der Waals surface area contributed by atoms with Crippen LogP contribution in [-0.4, -0.2) is 23.2 Å². The maximum Gasteiger partial charge on any atom is 0.354 e. The fourth-order valence-electron chi connectivity index (χ4n) is 1.55. The molecule has 6 heteroatoms. The first kappa shape index (κ1) is 13.8. The first-order valence-corrected chi connectivity index (χ1v) is 5.74. The molecule has 2 rings (SSSR count). The molecule has 0 atom stereocenters. The average Bonchev–Trinajstić information content (AvgIpc) is 2.46. The van der Waals surface area contributed by atoms with Gasteiger partial charge in [-0.1, -0.05) is 12.1 Å². The SMILES string of the molecule is COc1cc(C(=O)O)ncc1OCc1ccc(F)cc1. The van der Waals surface area contributed by atoms with Crippen molar-refractivity contribution >= 4 is 5.97 Å². The van der Waals surface area contributed by atoms with E-state index in [-0.39, 0.29) is 23.9 Å². The highest BCUT2D eigenvalue weighted by molar-refractivity contribution is 5.86. The fourth-order valence-corrected chi connectivity index (χ4v) is 1.55. The largest absolute Gasteiger partial charge is 0.493 e. The second-order valence-electron chi connectivity index (χ2n) is 3.94. The van der Waals surface area contributed by atoms with Gasteiger partial charge in [0.05, 0.1) is 13.3 Å². The second-order valence-corrected chi connectivity index (χ2v) is 3.94. The molecule has 0 spiro atoms. The van der Waals surface area contributed by atoms with Crippen molar-refractivity contribution in [3.63, 3.8) is 0 Å². The van der Waals surface area contributed by atoms with Gasteiger partial charge in [0.15, 0.2) is 17.2 Å². The summed E-state index contributed by atoms with van der Waals surface area (Å²) in [5.74, 6) is -0.867. The maximum absolute atomic E-state index is 12.8. The van der Waals surface area contributed by atoms with Crippen LogP contribution >= 0.6 is 0 Å². The molecule has 0 bridgehead atoms. The number of hydrogen-bond acceptors (Lipinski definition) is 4. The summed E-state index contributed by atoms with van der Waals surface area (Å²) in [4.78, 5) is 14.5. The summed E-state index contributed by atoms with van der Waals surface area (Å²) >= 11 is 0. The summed E-state index contributed by atoms with van der Waals surface area (Å²) in [6.07, 6.45) is 1.28. The van der Waals surface area contributed by atoms with Crippen LogP contribution in [0.3, 0.4) is 0 Å². The van der Waals surface area contributed by atoms with E-state index in [4.69, 9.17) is 14.6 Å². The lowest BCUT2D eigenvalue weighted by Crippen LogP contribution is -2.03. The third-order valence-electron chi connectivity index (χ3n) is 2.58. The minimum atomic E-state index is -1.15. The number of aromatic carboxylic acids is 1. The van der Waals surface area contributed by atoms with Gasteiger partial charge in [0.2, 0.25) is 0 Å². The first-order chi connectivity index (χ1) is 9.60. The summed E-state index contributed by atoms with van der Waals surface area (Å²) in [6.45, 7) is 0.199. The molecule has 1 aromatic carbocycles. The minimum absolute atomic E-state index is 0.129. The van der Waals surface area contributed by atoms with Crippen LogP contribution in [0.2, 0.25) is 0 Å². The van der Waals surface area contributed by atoms with E-state index in [1.165, 1.54) is 31.5 Å². The topological polar surface area (TPSA) is 68.7 Å². The van der Waals surface area contributed by atoms with Gasteiger partial charge in [-0.25, -0.2) is 14.2 Å². The Hall–Kier alpha value is -2.63. The molecule has 0 aliphatic rings. The lowest BCUT2D eigenvalue weighted by molar-refractivity contribution is 0.0690. The van der Waals surface area contributed by atoms with Crippen molar-refractivity contribution in [1.82, 2.24) is 4.98 Å². The van der Waals surface area contributed by atoms with Crippen molar-refractivity contribution < 1.29 is 23.8 Å². The Kier molecular flexibility index (Phi) is 4.14. The van der Waals surface area contributed by atoms with E-state index in [0.29, 0.717) is 5.75 Å². The van der Waals surface area contributed by atoms with E-state index in [1.54, 1.807) is 12.1 Å². The van der Waals surface area contributed by atoms with Crippen molar-refractivity contribution in [3.05, 3.63) is 53.6 Å². The number of aromatic nitrogens is 1. The highest BCUT2D eigenvalue weighted by Crippen LogP contribution is 2.27. The number of carbonyl (C=O) groups is 1. The number of halogens is 1. The summed E-state index contributed by atoms with van der Waals surface area (Å²) in [6, 6.07) is 7.15. The van der Waals surface area contributed by atoms with Gasteiger partial charge < -0.3 is 14.6 Å². The van der Waals surface area contributed by atoms with E-state index in [1.807, 2.05) is 0 Å². The smallest absolute Gasteiger partial charge is 0.354 e. The van der Waals surface area contributed by atoms with Gasteiger partial charge in [0.1, 0.15) is 12.4 Å². The third kappa shape index (κ3) is 3.23. The quantitative estimate of drug-likeness (QED) is 0.909. The number of nitrogens with zero attached hydrogens (tertiary/aromatic N) is 1. The second kappa shape index (κ2) is 6.01. The first-order valence-electron chi connectivity index (χ1n) is 5.74. The van der Waals surface area contributed by atoms with E-state index in [2.05, 4.69) is 4.98 Å². The number of benzene rings is 1. The Morgan fingerprint density at radius 2 is 2.00 bits per heavy atom. The molecule has 0 saturated carbocycles. The van der Waals surface area contributed by atoms with Crippen molar-refractivity contribution in [2.24, 2.45) is 0 Å². The van der Waals surface area contributed by atoms with Crippen LogP contribution in [0.5, 0.6) is 11.5 Å². The van der Waals surface area contributed by atoms with Gasteiger partial charge in [-0.2, -0.15) is 0 Å². The lowest BCUT2D eigenvalue weighted by atomic mass is 10.2. The van der Waals surface area contributed by atoms with E-state index >= 15 is 0 Å².